The topological polar surface area (TPSA) is 105 Å². The molecule has 2 aromatic heterocycles. The standard InChI is InChI=1S/C21H30N6O3/c1-5-27-14(3)16(18(15(27)4)19(29)30-6-2)10-11-17(28)22-20-23-21(25-24-20)26-12-8-7-9-13-26/h10-11H,5-9,12-13H2,1-4H3,(H2,22,23,24,25,28)/b11-10+. The van der Waals surface area contributed by atoms with Crippen LogP contribution in [-0.2, 0) is 16.1 Å². The van der Waals surface area contributed by atoms with Gasteiger partial charge in [-0.05, 0) is 53.0 Å². The molecule has 2 N–H and O–H groups in total. The van der Waals surface area contributed by atoms with Crippen LogP contribution in [0.1, 0.15) is 60.4 Å². The molecule has 0 aromatic carbocycles. The summed E-state index contributed by atoms with van der Waals surface area (Å²) >= 11 is 0. The van der Waals surface area contributed by atoms with E-state index < -0.39 is 0 Å². The maximum atomic E-state index is 12.5. The zero-order valence-corrected chi connectivity index (χ0v) is 18.1. The van der Waals surface area contributed by atoms with Gasteiger partial charge in [0.15, 0.2) is 0 Å². The molecule has 30 heavy (non-hydrogen) atoms. The summed E-state index contributed by atoms with van der Waals surface area (Å²) in [5, 5.41) is 9.66. The Hall–Kier alpha value is -3.10. The monoisotopic (exact) mass is 414 g/mol. The summed E-state index contributed by atoms with van der Waals surface area (Å²) in [5.41, 5.74) is 2.92. The number of aromatic nitrogens is 4. The van der Waals surface area contributed by atoms with Crippen LogP contribution in [0.5, 0.6) is 0 Å². The number of aromatic amines is 1. The van der Waals surface area contributed by atoms with Crippen LogP contribution in [-0.4, -0.2) is 51.3 Å². The maximum Gasteiger partial charge on any atom is 0.340 e. The molecule has 3 heterocycles. The Balaban J connectivity index is 1.74. The van der Waals surface area contributed by atoms with E-state index in [0.29, 0.717) is 29.6 Å². The Morgan fingerprint density at radius 2 is 1.90 bits per heavy atom. The first-order valence-corrected chi connectivity index (χ1v) is 10.5. The van der Waals surface area contributed by atoms with E-state index in [-0.39, 0.29) is 11.9 Å². The van der Waals surface area contributed by atoms with Crippen LogP contribution >= 0.6 is 0 Å². The molecule has 1 aliphatic heterocycles. The lowest BCUT2D eigenvalue weighted by molar-refractivity contribution is -0.111. The molecule has 1 amide bonds. The number of nitrogens with zero attached hydrogens (tertiary/aromatic N) is 4. The molecule has 1 fully saturated rings. The second-order valence-corrected chi connectivity index (χ2v) is 7.28. The lowest BCUT2D eigenvalue weighted by Crippen LogP contribution is -2.30. The van der Waals surface area contributed by atoms with Gasteiger partial charge in [0.1, 0.15) is 0 Å². The largest absolute Gasteiger partial charge is 0.462 e. The van der Waals surface area contributed by atoms with Crippen LogP contribution in [0.2, 0.25) is 0 Å². The molecule has 1 aliphatic rings. The number of hydrogen-bond acceptors (Lipinski definition) is 6. The third kappa shape index (κ3) is 4.55. The van der Waals surface area contributed by atoms with Gasteiger partial charge in [-0.15, -0.1) is 5.10 Å². The van der Waals surface area contributed by atoms with E-state index in [1.807, 2.05) is 25.3 Å². The molecule has 2 aromatic rings. The summed E-state index contributed by atoms with van der Waals surface area (Å²) in [6.45, 7) is 10.5. The maximum absolute atomic E-state index is 12.5. The van der Waals surface area contributed by atoms with E-state index in [1.54, 1.807) is 13.0 Å². The number of H-pyrrole nitrogens is 1. The Labute approximate surface area is 176 Å². The highest BCUT2D eigenvalue weighted by atomic mass is 16.5. The molecule has 0 aliphatic carbocycles. The van der Waals surface area contributed by atoms with Crippen molar-refractivity contribution >= 4 is 29.8 Å². The number of hydrogen-bond donors (Lipinski definition) is 2. The van der Waals surface area contributed by atoms with Crippen molar-refractivity contribution in [1.29, 1.82) is 0 Å². The second kappa shape index (κ2) is 9.60. The van der Waals surface area contributed by atoms with Crippen molar-refractivity contribution in [2.45, 2.75) is 53.5 Å². The predicted molar refractivity (Wildman–Crippen MR) is 116 cm³/mol. The van der Waals surface area contributed by atoms with Crippen molar-refractivity contribution in [2.24, 2.45) is 0 Å². The zero-order chi connectivity index (χ0) is 21.7. The van der Waals surface area contributed by atoms with Gasteiger partial charge in [0.25, 0.3) is 5.91 Å². The minimum Gasteiger partial charge on any atom is -0.462 e. The van der Waals surface area contributed by atoms with E-state index in [4.69, 9.17) is 4.74 Å². The fourth-order valence-electron chi connectivity index (χ4n) is 3.91. The molecule has 9 heteroatoms. The predicted octanol–water partition coefficient (Wildman–Crippen LogP) is 3.06. The summed E-state index contributed by atoms with van der Waals surface area (Å²) in [6, 6.07) is 0. The second-order valence-electron chi connectivity index (χ2n) is 7.28. The van der Waals surface area contributed by atoms with Gasteiger partial charge in [-0.1, -0.05) is 0 Å². The SMILES string of the molecule is CCOC(=O)c1c(/C=C/C(=O)Nc2nc(N3CCCCC3)n[nH]2)c(C)n(CC)c1C. The summed E-state index contributed by atoms with van der Waals surface area (Å²) in [7, 11) is 0. The molecular weight excluding hydrogens is 384 g/mol. The molecule has 0 bridgehead atoms. The molecule has 0 saturated carbocycles. The smallest absolute Gasteiger partial charge is 0.340 e. The highest BCUT2D eigenvalue weighted by molar-refractivity contribution is 6.03. The fraction of sp³-hybridized carbons (Fsp3) is 0.524. The minimum atomic E-state index is -0.383. The number of ether oxygens (including phenoxy) is 1. The van der Waals surface area contributed by atoms with Gasteiger partial charge in [0.05, 0.1) is 12.2 Å². The van der Waals surface area contributed by atoms with Gasteiger partial charge in [0, 0.05) is 42.7 Å². The van der Waals surface area contributed by atoms with E-state index >= 15 is 0 Å². The van der Waals surface area contributed by atoms with Crippen LogP contribution in [0.15, 0.2) is 6.08 Å². The summed E-state index contributed by atoms with van der Waals surface area (Å²) in [4.78, 5) is 31.4. The van der Waals surface area contributed by atoms with Crippen LogP contribution in [0.3, 0.4) is 0 Å². The lowest BCUT2D eigenvalue weighted by atomic mass is 10.1. The van der Waals surface area contributed by atoms with Crippen molar-refractivity contribution in [1.82, 2.24) is 19.7 Å². The van der Waals surface area contributed by atoms with Gasteiger partial charge in [-0.3, -0.25) is 10.1 Å². The van der Waals surface area contributed by atoms with E-state index in [0.717, 1.165) is 43.9 Å². The van der Waals surface area contributed by atoms with Crippen LogP contribution in [0.4, 0.5) is 11.9 Å². The van der Waals surface area contributed by atoms with Crippen molar-refractivity contribution in [2.75, 3.05) is 29.9 Å². The lowest BCUT2D eigenvalue weighted by Gasteiger charge is -2.24. The molecule has 3 rings (SSSR count). The number of anilines is 2. The number of esters is 1. The van der Waals surface area contributed by atoms with E-state index in [2.05, 4.69) is 25.4 Å². The Kier molecular flexibility index (Phi) is 6.91. The third-order valence-electron chi connectivity index (χ3n) is 5.38. The molecule has 0 unspecified atom stereocenters. The van der Waals surface area contributed by atoms with Gasteiger partial charge in [0.2, 0.25) is 11.9 Å². The van der Waals surface area contributed by atoms with E-state index in [9.17, 15) is 9.59 Å². The summed E-state index contributed by atoms with van der Waals surface area (Å²) in [6.07, 6.45) is 6.52. The van der Waals surface area contributed by atoms with Gasteiger partial charge in [-0.25, -0.2) is 9.89 Å². The molecule has 0 radical (unpaired) electrons. The first kappa shape index (κ1) is 21.6. The first-order chi connectivity index (χ1) is 14.5. The number of amides is 1. The molecular formula is C21H30N6O3. The first-order valence-electron chi connectivity index (χ1n) is 10.5. The number of rotatable bonds is 7. The van der Waals surface area contributed by atoms with Gasteiger partial charge in [-0.2, -0.15) is 4.98 Å². The van der Waals surface area contributed by atoms with E-state index in [1.165, 1.54) is 12.5 Å². The quantitative estimate of drug-likeness (QED) is 0.533. The van der Waals surface area contributed by atoms with Crippen LogP contribution in [0, 0.1) is 13.8 Å². The van der Waals surface area contributed by atoms with Crippen LogP contribution < -0.4 is 10.2 Å². The molecule has 0 atom stereocenters. The van der Waals surface area contributed by atoms with Crippen molar-refractivity contribution in [3.05, 3.63) is 28.6 Å². The van der Waals surface area contributed by atoms with Crippen LogP contribution in [0.25, 0.3) is 6.08 Å². The molecule has 0 spiro atoms. The number of carbonyl (C=O) groups is 2. The molecule has 9 nitrogen and oxygen atoms in total. The third-order valence-corrected chi connectivity index (χ3v) is 5.38. The normalized spacial score (nSPS) is 14.3. The summed E-state index contributed by atoms with van der Waals surface area (Å²) in [5.74, 6) is 0.166. The Morgan fingerprint density at radius 3 is 2.57 bits per heavy atom. The number of piperidine rings is 1. The number of carbonyl (C=O) groups excluding carboxylic acids is 2. The highest BCUT2D eigenvalue weighted by Crippen LogP contribution is 2.25. The minimum absolute atomic E-state index is 0.295. The fourth-order valence-corrected chi connectivity index (χ4v) is 3.91. The van der Waals surface area contributed by atoms with Gasteiger partial charge >= 0.3 is 5.97 Å². The molecule has 162 valence electrons. The summed E-state index contributed by atoms with van der Waals surface area (Å²) < 4.78 is 7.24. The molecule has 1 saturated heterocycles. The Bertz CT molecular complexity index is 937. The van der Waals surface area contributed by atoms with Crippen molar-refractivity contribution in [3.8, 4) is 0 Å². The zero-order valence-electron chi connectivity index (χ0n) is 18.1. The highest BCUT2D eigenvalue weighted by Gasteiger charge is 2.22. The Morgan fingerprint density at radius 1 is 1.17 bits per heavy atom. The number of nitrogens with one attached hydrogen (secondary N) is 2. The van der Waals surface area contributed by atoms with Gasteiger partial charge < -0.3 is 14.2 Å². The van der Waals surface area contributed by atoms with Crippen molar-refractivity contribution in [3.63, 3.8) is 0 Å². The average Bonchev–Trinajstić information content (AvgIpc) is 3.29. The van der Waals surface area contributed by atoms with Crippen molar-refractivity contribution < 1.29 is 14.3 Å². The average molecular weight is 415 g/mol.